The Kier molecular flexibility index (Phi) is 3.97. The molecule has 0 amide bonds. The van der Waals surface area contributed by atoms with Crippen molar-refractivity contribution in [2.24, 2.45) is 0 Å². The van der Waals surface area contributed by atoms with E-state index in [1.54, 1.807) is 25.1 Å². The van der Waals surface area contributed by atoms with Gasteiger partial charge in [-0.15, -0.1) is 0 Å². The van der Waals surface area contributed by atoms with E-state index in [1.807, 2.05) is 13.8 Å². The van der Waals surface area contributed by atoms with Gasteiger partial charge in [0.1, 0.15) is 0 Å². The van der Waals surface area contributed by atoms with Gasteiger partial charge in [-0.25, -0.2) is 8.42 Å². The van der Waals surface area contributed by atoms with Crippen LogP contribution in [0.25, 0.3) is 0 Å². The van der Waals surface area contributed by atoms with Gasteiger partial charge in [0.05, 0.1) is 10.1 Å². The van der Waals surface area contributed by atoms with Gasteiger partial charge in [-0.05, 0) is 37.5 Å². The normalized spacial score (nSPS) is 13.7. The molecule has 90 valence electrons. The van der Waals surface area contributed by atoms with E-state index in [-0.39, 0.29) is 5.25 Å². The quantitative estimate of drug-likeness (QED) is 0.823. The Morgan fingerprint density at radius 2 is 1.94 bits per heavy atom. The van der Waals surface area contributed by atoms with Crippen molar-refractivity contribution in [2.45, 2.75) is 43.8 Å². The number of nitrogens with two attached hydrogens (primary N) is 1. The maximum atomic E-state index is 12.2. The number of rotatable bonds is 4. The third kappa shape index (κ3) is 2.21. The highest BCUT2D eigenvalue weighted by molar-refractivity contribution is 7.92. The largest absolute Gasteiger partial charge is 0.398 e. The standard InChI is InChI=1S/C12H19NO2S/c1-4-9(3)16(14,15)12-8-6-7-11(13)10(12)5-2/h6-9H,4-5,13H2,1-3H3. The summed E-state index contributed by atoms with van der Waals surface area (Å²) in [6, 6.07) is 5.09. The molecule has 4 heteroatoms. The van der Waals surface area contributed by atoms with Crippen molar-refractivity contribution in [3.05, 3.63) is 23.8 Å². The van der Waals surface area contributed by atoms with Crippen molar-refractivity contribution >= 4 is 15.5 Å². The lowest BCUT2D eigenvalue weighted by Crippen LogP contribution is -2.19. The molecule has 0 aliphatic carbocycles. The molecule has 0 saturated carbocycles. The molecule has 3 nitrogen and oxygen atoms in total. The fraction of sp³-hybridized carbons (Fsp3) is 0.500. The van der Waals surface area contributed by atoms with Crippen LogP contribution in [-0.2, 0) is 16.3 Å². The number of nitrogen functional groups attached to an aromatic ring is 1. The van der Waals surface area contributed by atoms with E-state index in [0.29, 0.717) is 23.4 Å². The molecule has 0 bridgehead atoms. The van der Waals surface area contributed by atoms with Gasteiger partial charge >= 0.3 is 0 Å². The predicted molar refractivity (Wildman–Crippen MR) is 67.2 cm³/mol. The lowest BCUT2D eigenvalue weighted by Gasteiger charge is -2.15. The zero-order chi connectivity index (χ0) is 12.3. The fourth-order valence-corrected chi connectivity index (χ4v) is 3.41. The van der Waals surface area contributed by atoms with Crippen molar-refractivity contribution in [1.82, 2.24) is 0 Å². The first-order valence-corrected chi connectivity index (χ1v) is 7.11. The summed E-state index contributed by atoms with van der Waals surface area (Å²) in [7, 11) is -3.23. The third-order valence-corrected chi connectivity index (χ3v) is 5.32. The second-order valence-corrected chi connectivity index (χ2v) is 6.28. The minimum atomic E-state index is -3.23. The first-order valence-electron chi connectivity index (χ1n) is 5.56. The van der Waals surface area contributed by atoms with E-state index in [4.69, 9.17) is 5.73 Å². The van der Waals surface area contributed by atoms with Crippen LogP contribution in [0, 0.1) is 0 Å². The molecule has 0 fully saturated rings. The summed E-state index contributed by atoms with van der Waals surface area (Å²) < 4.78 is 24.5. The molecule has 2 N–H and O–H groups in total. The van der Waals surface area contributed by atoms with Crippen molar-refractivity contribution in [3.63, 3.8) is 0 Å². The zero-order valence-corrected chi connectivity index (χ0v) is 10.8. The molecular formula is C12H19NO2S. The first kappa shape index (κ1) is 13.0. The van der Waals surface area contributed by atoms with Crippen LogP contribution in [0.15, 0.2) is 23.1 Å². The summed E-state index contributed by atoms with van der Waals surface area (Å²) in [6.07, 6.45) is 1.25. The number of sulfone groups is 1. The van der Waals surface area contributed by atoms with Crippen LogP contribution in [0.4, 0.5) is 5.69 Å². The van der Waals surface area contributed by atoms with Crippen LogP contribution in [0.5, 0.6) is 0 Å². The van der Waals surface area contributed by atoms with Crippen LogP contribution >= 0.6 is 0 Å². The molecule has 0 aromatic heterocycles. The van der Waals surface area contributed by atoms with Crippen LogP contribution < -0.4 is 5.73 Å². The molecule has 16 heavy (non-hydrogen) atoms. The maximum absolute atomic E-state index is 12.2. The van der Waals surface area contributed by atoms with Crippen molar-refractivity contribution in [2.75, 3.05) is 5.73 Å². The zero-order valence-electron chi connectivity index (χ0n) is 10.0. The minimum Gasteiger partial charge on any atom is -0.398 e. The Bertz CT molecular complexity index is 466. The average molecular weight is 241 g/mol. The summed E-state index contributed by atoms with van der Waals surface area (Å²) in [5.74, 6) is 0. The average Bonchev–Trinajstić information content (AvgIpc) is 2.27. The molecule has 1 unspecified atom stereocenters. The molecule has 1 aromatic carbocycles. The first-order chi connectivity index (χ1) is 7.45. The second-order valence-electron chi connectivity index (χ2n) is 3.94. The highest BCUT2D eigenvalue weighted by atomic mass is 32.2. The summed E-state index contributed by atoms with van der Waals surface area (Å²) in [5, 5.41) is -0.361. The van der Waals surface area contributed by atoms with Gasteiger partial charge in [0.25, 0.3) is 0 Å². The predicted octanol–water partition coefficient (Wildman–Crippen LogP) is 2.40. The molecule has 0 saturated heterocycles. The smallest absolute Gasteiger partial charge is 0.181 e. The molecule has 0 aliphatic rings. The van der Waals surface area contributed by atoms with E-state index >= 15 is 0 Å². The van der Waals surface area contributed by atoms with Crippen molar-refractivity contribution in [1.29, 1.82) is 0 Å². The van der Waals surface area contributed by atoms with E-state index < -0.39 is 9.84 Å². The van der Waals surface area contributed by atoms with Crippen molar-refractivity contribution in [3.8, 4) is 0 Å². The monoisotopic (exact) mass is 241 g/mol. The van der Waals surface area contributed by atoms with Gasteiger partial charge in [-0.2, -0.15) is 0 Å². The number of hydrogen-bond acceptors (Lipinski definition) is 3. The highest BCUT2D eigenvalue weighted by Crippen LogP contribution is 2.26. The Morgan fingerprint density at radius 3 is 2.44 bits per heavy atom. The molecule has 0 spiro atoms. The van der Waals surface area contributed by atoms with Crippen LogP contribution in [0.3, 0.4) is 0 Å². The van der Waals surface area contributed by atoms with Gasteiger partial charge in [-0.1, -0.05) is 19.9 Å². The van der Waals surface area contributed by atoms with Crippen LogP contribution in [-0.4, -0.2) is 13.7 Å². The Labute approximate surface area is 97.6 Å². The molecule has 0 radical (unpaired) electrons. The summed E-state index contributed by atoms with van der Waals surface area (Å²) >= 11 is 0. The number of benzene rings is 1. The molecule has 1 rings (SSSR count). The SMILES string of the molecule is CCc1c(N)cccc1S(=O)(=O)C(C)CC. The number of hydrogen-bond donors (Lipinski definition) is 1. The van der Waals surface area contributed by atoms with E-state index in [9.17, 15) is 8.42 Å². The van der Waals surface area contributed by atoms with Gasteiger partial charge in [0.15, 0.2) is 9.84 Å². The summed E-state index contributed by atoms with van der Waals surface area (Å²) in [5.41, 5.74) is 7.11. The topological polar surface area (TPSA) is 60.2 Å². The molecular weight excluding hydrogens is 222 g/mol. The fourth-order valence-electron chi connectivity index (χ4n) is 1.66. The van der Waals surface area contributed by atoms with Gasteiger partial charge < -0.3 is 5.73 Å². The molecule has 0 aliphatic heterocycles. The van der Waals surface area contributed by atoms with Crippen molar-refractivity contribution < 1.29 is 8.42 Å². The van der Waals surface area contributed by atoms with Gasteiger partial charge in [-0.3, -0.25) is 0 Å². The lowest BCUT2D eigenvalue weighted by molar-refractivity contribution is 0.580. The van der Waals surface area contributed by atoms with E-state index in [0.717, 1.165) is 5.56 Å². The maximum Gasteiger partial charge on any atom is 0.181 e. The lowest BCUT2D eigenvalue weighted by atomic mass is 10.1. The molecule has 0 heterocycles. The molecule has 1 atom stereocenters. The van der Waals surface area contributed by atoms with Crippen LogP contribution in [0.2, 0.25) is 0 Å². The highest BCUT2D eigenvalue weighted by Gasteiger charge is 2.24. The number of anilines is 1. The minimum absolute atomic E-state index is 0.361. The van der Waals surface area contributed by atoms with Crippen LogP contribution in [0.1, 0.15) is 32.8 Å². The third-order valence-electron chi connectivity index (χ3n) is 2.93. The second kappa shape index (κ2) is 4.87. The van der Waals surface area contributed by atoms with Gasteiger partial charge in [0, 0.05) is 5.69 Å². The van der Waals surface area contributed by atoms with Gasteiger partial charge in [0.2, 0.25) is 0 Å². The Balaban J connectivity index is 3.39. The Morgan fingerprint density at radius 1 is 1.31 bits per heavy atom. The van der Waals surface area contributed by atoms with E-state index in [2.05, 4.69) is 0 Å². The summed E-state index contributed by atoms with van der Waals surface area (Å²) in [4.78, 5) is 0.393. The Hall–Kier alpha value is -1.03. The van der Waals surface area contributed by atoms with E-state index in [1.165, 1.54) is 0 Å². The summed E-state index contributed by atoms with van der Waals surface area (Å²) in [6.45, 7) is 5.53. The molecule has 1 aromatic rings.